The third-order valence-electron chi connectivity index (χ3n) is 3.69. The van der Waals surface area contributed by atoms with Crippen LogP contribution in [0, 0.1) is 0 Å². The minimum atomic E-state index is -0.114. The van der Waals surface area contributed by atoms with Gasteiger partial charge < -0.3 is 10.2 Å². The Labute approximate surface area is 123 Å². The fourth-order valence-electron chi connectivity index (χ4n) is 2.68. The van der Waals surface area contributed by atoms with Crippen molar-refractivity contribution >= 4 is 21.8 Å². The Morgan fingerprint density at radius 2 is 2.16 bits per heavy atom. The number of halogens is 1. The maximum absolute atomic E-state index is 11.9. The second-order valence-electron chi connectivity index (χ2n) is 5.47. The topological polar surface area (TPSA) is 32.3 Å². The molecule has 1 aromatic carbocycles. The van der Waals surface area contributed by atoms with E-state index in [1.807, 2.05) is 6.92 Å². The summed E-state index contributed by atoms with van der Waals surface area (Å²) in [6.45, 7) is 1.94. The Bertz CT molecular complexity index is 473. The number of likely N-dealkylation sites (N-methyl/N-ethyl adjacent to an activating group) is 1. The maximum Gasteiger partial charge on any atom is 0.238 e. The van der Waals surface area contributed by atoms with Crippen LogP contribution >= 0.6 is 15.9 Å². The van der Waals surface area contributed by atoms with E-state index < -0.39 is 0 Å². The SMILES string of the molecule is CC(NC1CCc2cc(Br)ccc2C1)C(=O)N(C)C. The molecule has 1 aliphatic carbocycles. The van der Waals surface area contributed by atoms with Gasteiger partial charge in [0.05, 0.1) is 6.04 Å². The van der Waals surface area contributed by atoms with E-state index in [1.165, 1.54) is 11.1 Å². The van der Waals surface area contributed by atoms with Crippen molar-refractivity contribution in [1.82, 2.24) is 10.2 Å². The van der Waals surface area contributed by atoms with Crippen LogP contribution in [0.2, 0.25) is 0 Å². The molecule has 3 nitrogen and oxygen atoms in total. The minimum Gasteiger partial charge on any atom is -0.347 e. The molecule has 0 heterocycles. The summed E-state index contributed by atoms with van der Waals surface area (Å²) >= 11 is 3.51. The van der Waals surface area contributed by atoms with Crippen LogP contribution in [0.15, 0.2) is 22.7 Å². The Hall–Kier alpha value is -0.870. The lowest BCUT2D eigenvalue weighted by molar-refractivity contribution is -0.130. The molecule has 19 heavy (non-hydrogen) atoms. The van der Waals surface area contributed by atoms with Gasteiger partial charge in [0.15, 0.2) is 0 Å². The van der Waals surface area contributed by atoms with Gasteiger partial charge in [-0.25, -0.2) is 0 Å². The Morgan fingerprint density at radius 1 is 1.42 bits per heavy atom. The van der Waals surface area contributed by atoms with Crippen molar-refractivity contribution in [3.8, 4) is 0 Å². The minimum absolute atomic E-state index is 0.114. The number of hydrogen-bond acceptors (Lipinski definition) is 2. The molecule has 104 valence electrons. The molecule has 2 unspecified atom stereocenters. The molecule has 0 aromatic heterocycles. The van der Waals surface area contributed by atoms with Gasteiger partial charge in [0.25, 0.3) is 0 Å². The predicted molar refractivity (Wildman–Crippen MR) is 81.2 cm³/mol. The average molecular weight is 325 g/mol. The standard InChI is InChI=1S/C15H21BrN2O/c1-10(15(19)18(2)3)17-14-7-5-11-8-13(16)6-4-12(11)9-14/h4,6,8,10,14,17H,5,7,9H2,1-3H3. The van der Waals surface area contributed by atoms with Crippen molar-refractivity contribution < 1.29 is 4.79 Å². The highest BCUT2D eigenvalue weighted by Crippen LogP contribution is 2.25. The molecule has 1 aliphatic rings. The summed E-state index contributed by atoms with van der Waals surface area (Å²) in [4.78, 5) is 13.5. The van der Waals surface area contributed by atoms with E-state index in [-0.39, 0.29) is 11.9 Å². The second-order valence-corrected chi connectivity index (χ2v) is 6.39. The van der Waals surface area contributed by atoms with Crippen molar-refractivity contribution in [3.05, 3.63) is 33.8 Å². The molecule has 0 saturated carbocycles. The van der Waals surface area contributed by atoms with Gasteiger partial charge in [0.1, 0.15) is 0 Å². The number of nitrogens with one attached hydrogen (secondary N) is 1. The van der Waals surface area contributed by atoms with Crippen molar-refractivity contribution in [2.75, 3.05) is 14.1 Å². The smallest absolute Gasteiger partial charge is 0.238 e. The first-order chi connectivity index (χ1) is 8.97. The van der Waals surface area contributed by atoms with E-state index in [1.54, 1.807) is 19.0 Å². The van der Waals surface area contributed by atoms with Gasteiger partial charge in [-0.15, -0.1) is 0 Å². The number of fused-ring (bicyclic) bond motifs is 1. The molecule has 0 bridgehead atoms. The van der Waals surface area contributed by atoms with Gasteiger partial charge in [0.2, 0.25) is 5.91 Å². The Balaban J connectivity index is 1.99. The molecule has 0 radical (unpaired) electrons. The first-order valence-corrected chi connectivity index (χ1v) is 7.51. The Morgan fingerprint density at radius 3 is 2.84 bits per heavy atom. The van der Waals surface area contributed by atoms with Gasteiger partial charge in [-0.1, -0.05) is 22.0 Å². The number of carbonyl (C=O) groups excluding carboxylic acids is 1. The summed E-state index contributed by atoms with van der Waals surface area (Å²) in [7, 11) is 3.60. The number of amides is 1. The monoisotopic (exact) mass is 324 g/mol. The number of carbonyl (C=O) groups is 1. The lowest BCUT2D eigenvalue weighted by atomic mass is 9.88. The molecule has 1 aromatic rings. The van der Waals surface area contributed by atoms with E-state index >= 15 is 0 Å². The zero-order valence-corrected chi connectivity index (χ0v) is 13.3. The number of rotatable bonds is 3. The van der Waals surface area contributed by atoms with Crippen LogP contribution < -0.4 is 5.32 Å². The van der Waals surface area contributed by atoms with Crippen LogP contribution in [0.4, 0.5) is 0 Å². The van der Waals surface area contributed by atoms with Crippen LogP contribution in [-0.2, 0) is 17.6 Å². The molecule has 1 N–H and O–H groups in total. The molecule has 0 aliphatic heterocycles. The highest BCUT2D eigenvalue weighted by atomic mass is 79.9. The molecule has 2 rings (SSSR count). The summed E-state index contributed by atoms with van der Waals surface area (Å²) in [5.41, 5.74) is 2.83. The van der Waals surface area contributed by atoms with Gasteiger partial charge in [0, 0.05) is 24.6 Å². The molecule has 4 heteroatoms. The van der Waals surface area contributed by atoms with Gasteiger partial charge in [-0.2, -0.15) is 0 Å². The van der Waals surface area contributed by atoms with E-state index in [9.17, 15) is 4.79 Å². The normalized spacial score (nSPS) is 19.7. The van der Waals surface area contributed by atoms with Crippen molar-refractivity contribution in [2.24, 2.45) is 0 Å². The summed E-state index contributed by atoms with van der Waals surface area (Å²) in [6, 6.07) is 6.77. The first-order valence-electron chi connectivity index (χ1n) is 6.72. The highest BCUT2D eigenvalue weighted by Gasteiger charge is 2.23. The molecular weight excluding hydrogens is 304 g/mol. The van der Waals surface area contributed by atoms with Crippen LogP contribution in [-0.4, -0.2) is 37.0 Å². The second kappa shape index (κ2) is 6.06. The summed E-state index contributed by atoms with van der Waals surface area (Å²) in [6.07, 6.45) is 3.18. The first kappa shape index (κ1) is 14.5. The van der Waals surface area contributed by atoms with Crippen LogP contribution in [0.1, 0.15) is 24.5 Å². The summed E-state index contributed by atoms with van der Waals surface area (Å²) < 4.78 is 1.15. The van der Waals surface area contributed by atoms with Crippen LogP contribution in [0.5, 0.6) is 0 Å². The largest absolute Gasteiger partial charge is 0.347 e. The lowest BCUT2D eigenvalue weighted by Crippen LogP contribution is -2.47. The Kier molecular flexibility index (Phi) is 4.63. The van der Waals surface area contributed by atoms with Gasteiger partial charge in [-0.3, -0.25) is 4.79 Å². The third kappa shape index (κ3) is 3.57. The predicted octanol–water partition coefficient (Wildman–Crippen LogP) is 2.37. The summed E-state index contributed by atoms with van der Waals surface area (Å²) in [5, 5.41) is 3.45. The van der Waals surface area contributed by atoms with Crippen LogP contribution in [0.3, 0.4) is 0 Å². The van der Waals surface area contributed by atoms with E-state index in [0.717, 1.165) is 23.7 Å². The van der Waals surface area contributed by atoms with E-state index in [4.69, 9.17) is 0 Å². The summed E-state index contributed by atoms with van der Waals surface area (Å²) in [5.74, 6) is 0.140. The fraction of sp³-hybridized carbons (Fsp3) is 0.533. The third-order valence-corrected chi connectivity index (χ3v) is 4.19. The lowest BCUT2D eigenvalue weighted by Gasteiger charge is -2.29. The molecule has 0 saturated heterocycles. The van der Waals surface area contributed by atoms with Crippen molar-refractivity contribution in [1.29, 1.82) is 0 Å². The quantitative estimate of drug-likeness (QED) is 0.925. The van der Waals surface area contributed by atoms with E-state index in [0.29, 0.717) is 6.04 Å². The number of nitrogens with zero attached hydrogens (tertiary/aromatic N) is 1. The molecule has 2 atom stereocenters. The number of hydrogen-bond donors (Lipinski definition) is 1. The van der Waals surface area contributed by atoms with Crippen LogP contribution in [0.25, 0.3) is 0 Å². The highest BCUT2D eigenvalue weighted by molar-refractivity contribution is 9.10. The van der Waals surface area contributed by atoms with Gasteiger partial charge >= 0.3 is 0 Å². The zero-order valence-electron chi connectivity index (χ0n) is 11.7. The molecular formula is C15H21BrN2O. The van der Waals surface area contributed by atoms with E-state index in [2.05, 4.69) is 39.4 Å². The number of aryl methyl sites for hydroxylation is 1. The zero-order chi connectivity index (χ0) is 14.0. The van der Waals surface area contributed by atoms with Crippen molar-refractivity contribution in [3.63, 3.8) is 0 Å². The average Bonchev–Trinajstić information content (AvgIpc) is 2.37. The fourth-order valence-corrected chi connectivity index (χ4v) is 3.09. The number of benzene rings is 1. The maximum atomic E-state index is 11.9. The molecule has 1 amide bonds. The van der Waals surface area contributed by atoms with Crippen molar-refractivity contribution in [2.45, 2.75) is 38.3 Å². The molecule has 0 fully saturated rings. The molecule has 0 spiro atoms. The van der Waals surface area contributed by atoms with Gasteiger partial charge in [-0.05, 0) is 49.4 Å².